The maximum atomic E-state index is 5.72. The van der Waals surface area contributed by atoms with Gasteiger partial charge in [-0.2, -0.15) is 0 Å². The summed E-state index contributed by atoms with van der Waals surface area (Å²) >= 11 is 1.92. The van der Waals surface area contributed by atoms with Crippen LogP contribution < -0.4 is 5.32 Å². The van der Waals surface area contributed by atoms with E-state index in [-0.39, 0.29) is 0 Å². The van der Waals surface area contributed by atoms with Gasteiger partial charge in [0.05, 0.1) is 6.61 Å². The monoisotopic (exact) mass is 294 g/mol. The summed E-state index contributed by atoms with van der Waals surface area (Å²) in [6.45, 7) is 10.9. The van der Waals surface area contributed by atoms with Gasteiger partial charge in [0.25, 0.3) is 0 Å². The van der Waals surface area contributed by atoms with E-state index in [4.69, 9.17) is 4.74 Å². The molecule has 0 saturated carbocycles. The molecule has 3 nitrogen and oxygen atoms in total. The molecule has 2 aliphatic rings. The number of hydrogen-bond acceptors (Lipinski definition) is 4. The average molecular weight is 294 g/mol. The molecule has 3 rings (SSSR count). The lowest BCUT2D eigenvalue weighted by Gasteiger charge is -2.40. The number of fused-ring (bicyclic) bond motifs is 1. The van der Waals surface area contributed by atoms with E-state index < -0.39 is 0 Å². The van der Waals surface area contributed by atoms with Crippen molar-refractivity contribution < 1.29 is 4.74 Å². The first-order valence-corrected chi connectivity index (χ1v) is 8.71. The normalized spacial score (nSPS) is 30.6. The highest BCUT2D eigenvalue weighted by atomic mass is 32.1. The topological polar surface area (TPSA) is 24.5 Å². The summed E-state index contributed by atoms with van der Waals surface area (Å²) in [5, 5.41) is 5.79. The van der Waals surface area contributed by atoms with Gasteiger partial charge in [-0.25, -0.2) is 0 Å². The molecule has 1 fully saturated rings. The Labute approximate surface area is 126 Å². The lowest BCUT2D eigenvalue weighted by molar-refractivity contribution is 0.0853. The number of ether oxygens (including phenoxy) is 1. The minimum atomic E-state index is 0.317. The predicted octanol–water partition coefficient (Wildman–Crippen LogP) is 2.68. The van der Waals surface area contributed by atoms with Gasteiger partial charge in [-0.15, -0.1) is 11.3 Å². The summed E-state index contributed by atoms with van der Waals surface area (Å²) in [5.74, 6) is 0. The van der Waals surface area contributed by atoms with E-state index in [1.165, 1.54) is 19.4 Å². The van der Waals surface area contributed by atoms with Crippen LogP contribution in [0, 0.1) is 5.41 Å². The third-order valence-electron chi connectivity index (χ3n) is 4.88. The van der Waals surface area contributed by atoms with Gasteiger partial charge in [-0.1, -0.05) is 6.92 Å². The zero-order valence-corrected chi connectivity index (χ0v) is 13.5. The molecule has 1 N–H and O–H groups in total. The number of rotatable bonds is 5. The molecule has 112 valence electrons. The lowest BCUT2D eigenvalue weighted by atomic mass is 9.85. The van der Waals surface area contributed by atoms with Crippen LogP contribution in [0.1, 0.15) is 36.8 Å². The van der Waals surface area contributed by atoms with Crippen molar-refractivity contribution in [3.8, 4) is 0 Å². The molecule has 3 heterocycles. The summed E-state index contributed by atoms with van der Waals surface area (Å²) in [7, 11) is 0. The molecular formula is C16H26N2OS. The second kappa shape index (κ2) is 6.14. The molecule has 1 saturated heterocycles. The molecule has 0 aliphatic carbocycles. The highest BCUT2D eigenvalue weighted by Crippen LogP contribution is 2.37. The van der Waals surface area contributed by atoms with Gasteiger partial charge < -0.3 is 10.1 Å². The van der Waals surface area contributed by atoms with Crippen LogP contribution in [0.25, 0.3) is 0 Å². The van der Waals surface area contributed by atoms with Crippen LogP contribution in [0.4, 0.5) is 0 Å². The third kappa shape index (κ3) is 2.80. The molecule has 0 amide bonds. The molecule has 0 aromatic carbocycles. The molecule has 4 heteroatoms. The molecule has 0 spiro atoms. The highest BCUT2D eigenvalue weighted by Gasteiger charge is 2.38. The van der Waals surface area contributed by atoms with Gasteiger partial charge in [-0.05, 0) is 43.3 Å². The van der Waals surface area contributed by atoms with E-state index >= 15 is 0 Å². The van der Waals surface area contributed by atoms with Crippen LogP contribution in [0.15, 0.2) is 11.4 Å². The Bertz CT molecular complexity index is 439. The number of thiophene rings is 1. The fourth-order valence-corrected chi connectivity index (χ4v) is 4.53. The first kappa shape index (κ1) is 14.5. The molecule has 2 unspecified atom stereocenters. The molecule has 0 bridgehead atoms. The molecule has 2 aliphatic heterocycles. The smallest absolute Gasteiger partial charge is 0.0547 e. The van der Waals surface area contributed by atoms with Gasteiger partial charge in [0.15, 0.2) is 0 Å². The van der Waals surface area contributed by atoms with E-state index in [2.05, 4.69) is 35.5 Å². The Morgan fingerprint density at radius 1 is 1.55 bits per heavy atom. The maximum Gasteiger partial charge on any atom is 0.0547 e. The van der Waals surface area contributed by atoms with Gasteiger partial charge >= 0.3 is 0 Å². The zero-order chi connectivity index (χ0) is 14.0. The first-order chi connectivity index (χ1) is 9.74. The molecule has 0 radical (unpaired) electrons. The van der Waals surface area contributed by atoms with Crippen molar-refractivity contribution in [1.82, 2.24) is 10.2 Å². The van der Waals surface area contributed by atoms with E-state index in [1.54, 1.807) is 10.4 Å². The largest absolute Gasteiger partial charge is 0.381 e. The van der Waals surface area contributed by atoms with E-state index in [0.29, 0.717) is 11.5 Å². The van der Waals surface area contributed by atoms with E-state index in [9.17, 15) is 0 Å². The number of nitrogens with one attached hydrogen (secondary N) is 1. The SMILES string of the molecule is CCNCC1(CN2CCc3sccc3C2C)CCOC1. The predicted molar refractivity (Wildman–Crippen MR) is 84.4 cm³/mol. The van der Waals surface area contributed by atoms with Crippen molar-refractivity contribution in [3.05, 3.63) is 21.9 Å². The minimum absolute atomic E-state index is 0.317. The lowest BCUT2D eigenvalue weighted by Crippen LogP contribution is -2.47. The zero-order valence-electron chi connectivity index (χ0n) is 12.7. The Morgan fingerprint density at radius 2 is 2.45 bits per heavy atom. The van der Waals surface area contributed by atoms with Crippen molar-refractivity contribution in [3.63, 3.8) is 0 Å². The van der Waals surface area contributed by atoms with Crippen LogP contribution in [0.2, 0.25) is 0 Å². The highest BCUT2D eigenvalue weighted by molar-refractivity contribution is 7.10. The second-order valence-corrected chi connectivity index (χ2v) is 7.28. The Hall–Kier alpha value is -0.420. The van der Waals surface area contributed by atoms with Crippen LogP contribution >= 0.6 is 11.3 Å². The third-order valence-corrected chi connectivity index (χ3v) is 5.87. The number of nitrogens with zero attached hydrogens (tertiary/aromatic N) is 1. The van der Waals surface area contributed by atoms with Crippen LogP contribution in [-0.2, 0) is 11.2 Å². The molecule has 20 heavy (non-hydrogen) atoms. The van der Waals surface area contributed by atoms with Gasteiger partial charge in [-0.3, -0.25) is 4.90 Å². The van der Waals surface area contributed by atoms with Crippen molar-refractivity contribution in [2.24, 2.45) is 5.41 Å². The summed E-state index contributed by atoms with van der Waals surface area (Å²) in [5.41, 5.74) is 1.87. The Morgan fingerprint density at radius 3 is 3.20 bits per heavy atom. The molecular weight excluding hydrogens is 268 g/mol. The molecule has 1 aromatic rings. The average Bonchev–Trinajstić information content (AvgIpc) is 3.10. The van der Waals surface area contributed by atoms with E-state index in [0.717, 1.165) is 32.8 Å². The van der Waals surface area contributed by atoms with Crippen LogP contribution in [0.3, 0.4) is 0 Å². The minimum Gasteiger partial charge on any atom is -0.381 e. The molecule has 2 atom stereocenters. The van der Waals surface area contributed by atoms with Gasteiger partial charge in [0.2, 0.25) is 0 Å². The Kier molecular flexibility index (Phi) is 4.46. The fourth-order valence-electron chi connectivity index (χ4n) is 3.57. The number of hydrogen-bond donors (Lipinski definition) is 1. The Balaban J connectivity index is 1.70. The van der Waals surface area contributed by atoms with Crippen LogP contribution in [0.5, 0.6) is 0 Å². The van der Waals surface area contributed by atoms with Crippen molar-refractivity contribution >= 4 is 11.3 Å². The quantitative estimate of drug-likeness (QED) is 0.903. The standard InChI is InChI=1S/C16H26N2OS/c1-3-17-10-16(6-8-19-12-16)11-18-7-4-15-14(13(18)2)5-9-20-15/h5,9,13,17H,3-4,6-8,10-12H2,1-2H3. The van der Waals surface area contributed by atoms with Gasteiger partial charge in [0.1, 0.15) is 0 Å². The van der Waals surface area contributed by atoms with Crippen LogP contribution in [-0.4, -0.2) is 44.3 Å². The van der Waals surface area contributed by atoms with Crippen molar-refractivity contribution in [2.75, 3.05) is 39.4 Å². The van der Waals surface area contributed by atoms with Crippen molar-refractivity contribution in [1.29, 1.82) is 0 Å². The first-order valence-electron chi connectivity index (χ1n) is 7.83. The summed E-state index contributed by atoms with van der Waals surface area (Å²) in [6, 6.07) is 2.88. The summed E-state index contributed by atoms with van der Waals surface area (Å²) < 4.78 is 5.72. The maximum absolute atomic E-state index is 5.72. The fraction of sp³-hybridized carbons (Fsp3) is 0.750. The summed E-state index contributed by atoms with van der Waals surface area (Å²) in [4.78, 5) is 4.26. The van der Waals surface area contributed by atoms with Crippen molar-refractivity contribution in [2.45, 2.75) is 32.7 Å². The second-order valence-electron chi connectivity index (χ2n) is 6.28. The molecule has 1 aromatic heterocycles. The van der Waals surface area contributed by atoms with E-state index in [1.807, 2.05) is 11.3 Å². The summed E-state index contributed by atoms with van der Waals surface area (Å²) in [6.07, 6.45) is 2.41. The van der Waals surface area contributed by atoms with Gasteiger partial charge in [0, 0.05) is 42.6 Å².